The van der Waals surface area contributed by atoms with Crippen molar-refractivity contribution in [3.8, 4) is 5.75 Å². The number of carbonyl (C=O) groups is 1. The average molecular weight is 323 g/mol. The molecule has 0 spiro atoms. The molecule has 2 rings (SSSR count). The highest BCUT2D eigenvalue weighted by Crippen LogP contribution is 2.30. The van der Waals surface area contributed by atoms with Crippen LogP contribution in [0.5, 0.6) is 5.75 Å². The second-order valence-corrected chi connectivity index (χ2v) is 6.37. The standard InChI is InChI=1S/C15H21N3O5/c1-15(2,3)23-14(19)17-8-11(9-17)16-10-5-6-12(18(20)21)13(7-10)22-4/h5-7,11,16H,8-9H2,1-4H3. The second-order valence-electron chi connectivity index (χ2n) is 6.37. The molecule has 0 bridgehead atoms. The van der Waals surface area contributed by atoms with Crippen LogP contribution in [0.3, 0.4) is 0 Å². The van der Waals surface area contributed by atoms with E-state index in [1.165, 1.54) is 13.2 Å². The van der Waals surface area contributed by atoms with Crippen LogP contribution in [0.4, 0.5) is 16.2 Å². The third-order valence-electron chi connectivity index (χ3n) is 3.28. The van der Waals surface area contributed by atoms with Gasteiger partial charge in [0.25, 0.3) is 0 Å². The molecule has 1 amide bonds. The molecule has 0 unspecified atom stereocenters. The van der Waals surface area contributed by atoms with Gasteiger partial charge in [0.2, 0.25) is 0 Å². The Hall–Kier alpha value is -2.51. The lowest BCUT2D eigenvalue weighted by Gasteiger charge is -2.40. The summed E-state index contributed by atoms with van der Waals surface area (Å²) in [5, 5.41) is 14.1. The number of nitro groups is 1. The minimum Gasteiger partial charge on any atom is -0.490 e. The van der Waals surface area contributed by atoms with Crippen LogP contribution < -0.4 is 10.1 Å². The third kappa shape index (κ3) is 4.24. The summed E-state index contributed by atoms with van der Waals surface area (Å²) in [6, 6.07) is 4.67. The monoisotopic (exact) mass is 323 g/mol. The summed E-state index contributed by atoms with van der Waals surface area (Å²) in [6.45, 7) is 6.51. The second kappa shape index (κ2) is 6.31. The highest BCUT2D eigenvalue weighted by molar-refractivity contribution is 5.70. The van der Waals surface area contributed by atoms with E-state index in [9.17, 15) is 14.9 Å². The van der Waals surface area contributed by atoms with E-state index >= 15 is 0 Å². The Kier molecular flexibility index (Phi) is 4.63. The van der Waals surface area contributed by atoms with E-state index < -0.39 is 10.5 Å². The zero-order chi connectivity index (χ0) is 17.2. The first kappa shape index (κ1) is 16.9. The molecule has 0 radical (unpaired) electrons. The van der Waals surface area contributed by atoms with Crippen molar-refractivity contribution >= 4 is 17.5 Å². The largest absolute Gasteiger partial charge is 0.490 e. The number of hydrogen-bond donors (Lipinski definition) is 1. The molecule has 0 saturated carbocycles. The van der Waals surface area contributed by atoms with Gasteiger partial charge in [0.15, 0.2) is 5.75 Å². The van der Waals surface area contributed by atoms with Gasteiger partial charge < -0.3 is 19.7 Å². The molecular formula is C15H21N3O5. The van der Waals surface area contributed by atoms with Gasteiger partial charge in [-0.15, -0.1) is 0 Å². The maximum Gasteiger partial charge on any atom is 0.410 e. The molecular weight excluding hydrogens is 302 g/mol. The SMILES string of the molecule is COc1cc(NC2CN(C(=O)OC(C)(C)C)C2)ccc1[N+](=O)[O-]. The van der Waals surface area contributed by atoms with Crippen LogP contribution in [0.25, 0.3) is 0 Å². The van der Waals surface area contributed by atoms with Gasteiger partial charge in [-0.1, -0.05) is 0 Å². The first-order chi connectivity index (χ1) is 10.7. The number of carbonyl (C=O) groups excluding carboxylic acids is 1. The number of methoxy groups -OCH3 is 1. The predicted octanol–water partition coefficient (Wildman–Crippen LogP) is 2.63. The molecule has 1 aromatic carbocycles. The Morgan fingerprint density at radius 3 is 2.57 bits per heavy atom. The Morgan fingerprint density at radius 2 is 2.04 bits per heavy atom. The summed E-state index contributed by atoms with van der Waals surface area (Å²) in [5.74, 6) is 0.198. The van der Waals surface area contributed by atoms with Crippen molar-refractivity contribution in [2.45, 2.75) is 32.4 Å². The van der Waals surface area contributed by atoms with Crippen molar-refractivity contribution in [3.63, 3.8) is 0 Å². The number of ether oxygens (including phenoxy) is 2. The van der Waals surface area contributed by atoms with Crippen LogP contribution in [-0.2, 0) is 4.74 Å². The fourth-order valence-electron chi connectivity index (χ4n) is 2.20. The normalized spacial score (nSPS) is 14.9. The van der Waals surface area contributed by atoms with Crippen LogP contribution in [-0.4, -0.2) is 47.8 Å². The molecule has 8 heteroatoms. The molecule has 126 valence electrons. The molecule has 1 aliphatic heterocycles. The van der Waals surface area contributed by atoms with Gasteiger partial charge in [0, 0.05) is 30.9 Å². The first-order valence-corrected chi connectivity index (χ1v) is 7.26. The Morgan fingerprint density at radius 1 is 1.39 bits per heavy atom. The topological polar surface area (TPSA) is 93.9 Å². The van der Waals surface area contributed by atoms with Gasteiger partial charge in [-0.3, -0.25) is 10.1 Å². The number of nitrogens with one attached hydrogen (secondary N) is 1. The Balaban J connectivity index is 1.91. The van der Waals surface area contributed by atoms with Crippen molar-refractivity contribution in [2.24, 2.45) is 0 Å². The van der Waals surface area contributed by atoms with Crippen LogP contribution in [0.1, 0.15) is 20.8 Å². The van der Waals surface area contributed by atoms with Crippen LogP contribution >= 0.6 is 0 Å². The van der Waals surface area contributed by atoms with Gasteiger partial charge in [-0.2, -0.15) is 0 Å². The number of likely N-dealkylation sites (tertiary alicyclic amines) is 1. The quantitative estimate of drug-likeness (QED) is 0.676. The maximum absolute atomic E-state index is 11.8. The number of benzene rings is 1. The minimum absolute atomic E-state index is 0.0775. The van der Waals surface area contributed by atoms with Crippen molar-refractivity contribution < 1.29 is 19.2 Å². The summed E-state index contributed by atoms with van der Waals surface area (Å²) in [5.41, 5.74) is 0.116. The first-order valence-electron chi connectivity index (χ1n) is 7.26. The number of nitro benzene ring substituents is 1. The number of rotatable bonds is 4. The van der Waals surface area contributed by atoms with E-state index in [4.69, 9.17) is 9.47 Å². The molecule has 1 aliphatic rings. The summed E-state index contributed by atoms with van der Waals surface area (Å²) < 4.78 is 10.3. The zero-order valence-corrected chi connectivity index (χ0v) is 13.7. The zero-order valence-electron chi connectivity index (χ0n) is 13.7. The van der Waals surface area contributed by atoms with E-state index in [1.54, 1.807) is 17.0 Å². The van der Waals surface area contributed by atoms with Crippen LogP contribution in [0.15, 0.2) is 18.2 Å². The lowest BCUT2D eigenvalue weighted by molar-refractivity contribution is -0.385. The smallest absolute Gasteiger partial charge is 0.410 e. The number of hydrogen-bond acceptors (Lipinski definition) is 6. The molecule has 1 saturated heterocycles. The highest BCUT2D eigenvalue weighted by Gasteiger charge is 2.33. The summed E-state index contributed by atoms with van der Waals surface area (Å²) >= 11 is 0. The molecule has 1 aromatic rings. The van der Waals surface area contributed by atoms with E-state index in [0.29, 0.717) is 18.8 Å². The fraction of sp³-hybridized carbons (Fsp3) is 0.533. The van der Waals surface area contributed by atoms with Gasteiger partial charge in [0.05, 0.1) is 18.1 Å². The summed E-state index contributed by atoms with van der Waals surface area (Å²) in [7, 11) is 1.39. The number of amides is 1. The molecule has 0 aromatic heterocycles. The molecule has 23 heavy (non-hydrogen) atoms. The van der Waals surface area contributed by atoms with Gasteiger partial charge in [0.1, 0.15) is 5.60 Å². The highest BCUT2D eigenvalue weighted by atomic mass is 16.6. The Labute approximate surface area is 134 Å². The van der Waals surface area contributed by atoms with E-state index in [-0.39, 0.29) is 23.6 Å². The van der Waals surface area contributed by atoms with Crippen molar-refractivity contribution in [1.29, 1.82) is 0 Å². The third-order valence-corrected chi connectivity index (χ3v) is 3.28. The molecule has 0 aliphatic carbocycles. The van der Waals surface area contributed by atoms with E-state index in [1.807, 2.05) is 20.8 Å². The van der Waals surface area contributed by atoms with Gasteiger partial charge in [-0.05, 0) is 26.8 Å². The molecule has 1 fully saturated rings. The molecule has 1 N–H and O–H groups in total. The maximum atomic E-state index is 11.8. The fourth-order valence-corrected chi connectivity index (χ4v) is 2.20. The minimum atomic E-state index is -0.513. The van der Waals surface area contributed by atoms with Crippen LogP contribution in [0, 0.1) is 10.1 Å². The van der Waals surface area contributed by atoms with Crippen molar-refractivity contribution in [3.05, 3.63) is 28.3 Å². The number of anilines is 1. The predicted molar refractivity (Wildman–Crippen MR) is 84.9 cm³/mol. The molecule has 1 heterocycles. The van der Waals surface area contributed by atoms with Gasteiger partial charge >= 0.3 is 11.8 Å². The average Bonchev–Trinajstić information content (AvgIpc) is 2.39. The molecule has 8 nitrogen and oxygen atoms in total. The van der Waals surface area contributed by atoms with E-state index in [0.717, 1.165) is 0 Å². The summed E-state index contributed by atoms with van der Waals surface area (Å²) in [6.07, 6.45) is -0.336. The van der Waals surface area contributed by atoms with E-state index in [2.05, 4.69) is 5.32 Å². The molecule has 0 atom stereocenters. The lowest BCUT2D eigenvalue weighted by Crippen LogP contribution is -2.57. The number of nitrogens with zero attached hydrogens (tertiary/aromatic N) is 2. The summed E-state index contributed by atoms with van der Waals surface area (Å²) in [4.78, 5) is 23.8. The van der Waals surface area contributed by atoms with Crippen molar-refractivity contribution in [2.75, 3.05) is 25.5 Å². The van der Waals surface area contributed by atoms with Crippen LogP contribution in [0.2, 0.25) is 0 Å². The van der Waals surface area contributed by atoms with Gasteiger partial charge in [-0.25, -0.2) is 4.79 Å². The van der Waals surface area contributed by atoms with Crippen molar-refractivity contribution in [1.82, 2.24) is 4.90 Å². The lowest BCUT2D eigenvalue weighted by atomic mass is 10.1. The Bertz CT molecular complexity index is 606.